The summed E-state index contributed by atoms with van der Waals surface area (Å²) in [5.74, 6) is 0.580. The van der Waals surface area contributed by atoms with Crippen molar-refractivity contribution < 1.29 is 9.53 Å². The van der Waals surface area contributed by atoms with Crippen LogP contribution < -0.4 is 15.8 Å². The summed E-state index contributed by atoms with van der Waals surface area (Å²) in [5.41, 5.74) is 8.00. The summed E-state index contributed by atoms with van der Waals surface area (Å²) in [4.78, 5) is 12.3. The molecule has 7 nitrogen and oxygen atoms in total. The molecule has 1 aromatic heterocycles. The Hall–Kier alpha value is -3.35. The van der Waals surface area contributed by atoms with Gasteiger partial charge in [-0.05, 0) is 36.2 Å². The van der Waals surface area contributed by atoms with Crippen molar-refractivity contribution in [2.45, 2.75) is 6.42 Å². The molecule has 3 rings (SSSR count). The van der Waals surface area contributed by atoms with Crippen LogP contribution in [0.1, 0.15) is 16.1 Å². The molecule has 3 aromatic rings. The predicted octanol–water partition coefficient (Wildman–Crippen LogP) is 1.83. The second-order valence-corrected chi connectivity index (χ2v) is 5.42. The van der Waals surface area contributed by atoms with E-state index in [9.17, 15) is 4.79 Å². The van der Waals surface area contributed by atoms with E-state index in [1.165, 1.54) is 4.68 Å². The third kappa shape index (κ3) is 3.77. The second kappa shape index (κ2) is 7.48. The van der Waals surface area contributed by atoms with Gasteiger partial charge in [-0.25, -0.2) is 0 Å². The number of anilines is 1. The minimum atomic E-state index is -0.340. The molecule has 1 amide bonds. The molecule has 3 N–H and O–H groups in total. The van der Waals surface area contributed by atoms with Crippen LogP contribution in [0, 0.1) is 0 Å². The number of amides is 1. The topological polar surface area (TPSA) is 95.1 Å². The van der Waals surface area contributed by atoms with Crippen molar-refractivity contribution >= 4 is 11.7 Å². The molecule has 0 bridgehead atoms. The van der Waals surface area contributed by atoms with Gasteiger partial charge in [0, 0.05) is 6.54 Å². The van der Waals surface area contributed by atoms with E-state index in [1.807, 2.05) is 30.3 Å². The van der Waals surface area contributed by atoms with Gasteiger partial charge in [0.05, 0.1) is 12.8 Å². The lowest BCUT2D eigenvalue weighted by atomic mass is 10.1. The third-order valence-electron chi connectivity index (χ3n) is 3.78. The van der Waals surface area contributed by atoms with Crippen molar-refractivity contribution in [3.05, 3.63) is 65.9 Å². The number of ether oxygens (including phenoxy) is 1. The first kappa shape index (κ1) is 16.5. The number of nitrogen functional groups attached to an aromatic ring is 1. The molecule has 0 aliphatic carbocycles. The summed E-state index contributed by atoms with van der Waals surface area (Å²) in [6.45, 7) is 0.498. The molecule has 0 atom stereocenters. The number of nitrogens with zero attached hydrogens (tertiary/aromatic N) is 3. The normalized spacial score (nSPS) is 10.4. The van der Waals surface area contributed by atoms with E-state index in [0.29, 0.717) is 12.2 Å². The average Bonchev–Trinajstić information content (AvgIpc) is 3.04. The zero-order valence-electron chi connectivity index (χ0n) is 13.8. The quantitative estimate of drug-likeness (QED) is 0.715. The lowest BCUT2D eigenvalue weighted by Crippen LogP contribution is -2.27. The minimum absolute atomic E-state index is 0.115. The van der Waals surface area contributed by atoms with Crippen molar-refractivity contribution in [3.63, 3.8) is 0 Å². The fraction of sp³-hybridized carbons (Fsp3) is 0.167. The summed E-state index contributed by atoms with van der Waals surface area (Å²) in [7, 11) is 1.59. The molecule has 0 saturated carbocycles. The lowest BCUT2D eigenvalue weighted by molar-refractivity contribution is 0.0950. The zero-order chi connectivity index (χ0) is 17.6. The molecule has 128 valence electrons. The molecule has 0 spiro atoms. The number of nitrogens with two attached hydrogens (primary N) is 1. The Morgan fingerprint density at radius 3 is 2.56 bits per heavy atom. The Morgan fingerprint density at radius 1 is 1.16 bits per heavy atom. The first-order valence-corrected chi connectivity index (χ1v) is 7.87. The number of methoxy groups -OCH3 is 1. The van der Waals surface area contributed by atoms with Gasteiger partial charge in [0.15, 0.2) is 11.5 Å². The van der Waals surface area contributed by atoms with E-state index in [0.717, 1.165) is 17.7 Å². The number of aromatic nitrogens is 3. The van der Waals surface area contributed by atoms with Crippen LogP contribution in [-0.2, 0) is 6.42 Å². The third-order valence-corrected chi connectivity index (χ3v) is 3.78. The van der Waals surface area contributed by atoms with Crippen LogP contribution in [-0.4, -0.2) is 34.6 Å². The van der Waals surface area contributed by atoms with Crippen LogP contribution in [0.3, 0.4) is 0 Å². The Morgan fingerprint density at radius 2 is 1.88 bits per heavy atom. The predicted molar refractivity (Wildman–Crippen MR) is 94.8 cm³/mol. The van der Waals surface area contributed by atoms with Gasteiger partial charge >= 0.3 is 0 Å². The van der Waals surface area contributed by atoms with Crippen LogP contribution in [0.15, 0.2) is 54.6 Å². The molecular weight excluding hydrogens is 318 g/mol. The number of rotatable bonds is 6. The smallest absolute Gasteiger partial charge is 0.275 e. The maximum atomic E-state index is 12.3. The summed E-state index contributed by atoms with van der Waals surface area (Å²) < 4.78 is 6.54. The molecule has 2 aromatic carbocycles. The van der Waals surface area contributed by atoms with Crippen molar-refractivity contribution in [1.29, 1.82) is 0 Å². The van der Waals surface area contributed by atoms with Gasteiger partial charge in [0.1, 0.15) is 5.75 Å². The molecule has 0 saturated heterocycles. The van der Waals surface area contributed by atoms with Gasteiger partial charge in [-0.1, -0.05) is 35.5 Å². The largest absolute Gasteiger partial charge is 0.497 e. The first-order chi connectivity index (χ1) is 12.2. The Labute approximate surface area is 145 Å². The van der Waals surface area contributed by atoms with E-state index >= 15 is 0 Å². The second-order valence-electron chi connectivity index (χ2n) is 5.42. The summed E-state index contributed by atoms with van der Waals surface area (Å²) in [6.07, 6.45) is 0.735. The summed E-state index contributed by atoms with van der Waals surface area (Å²) >= 11 is 0. The van der Waals surface area contributed by atoms with Gasteiger partial charge in [-0.2, -0.15) is 4.68 Å². The van der Waals surface area contributed by atoms with Crippen molar-refractivity contribution in [2.75, 3.05) is 19.4 Å². The summed E-state index contributed by atoms with van der Waals surface area (Å²) in [5, 5.41) is 10.7. The van der Waals surface area contributed by atoms with Crippen LogP contribution in [0.2, 0.25) is 0 Å². The standard InChI is InChI=1S/C18H19N5O2/c1-25-15-9-7-14(8-10-15)23-17(19)16(21-22-23)18(24)20-12-11-13-5-3-2-4-6-13/h2-10H,11-12,19H2,1H3,(H,20,24). The van der Waals surface area contributed by atoms with Gasteiger partial charge in [-0.3, -0.25) is 4.79 Å². The Kier molecular flexibility index (Phi) is 4.94. The first-order valence-electron chi connectivity index (χ1n) is 7.87. The monoisotopic (exact) mass is 337 g/mol. The highest BCUT2D eigenvalue weighted by Crippen LogP contribution is 2.18. The van der Waals surface area contributed by atoms with E-state index in [2.05, 4.69) is 15.6 Å². The Bertz CT molecular complexity index is 844. The zero-order valence-corrected chi connectivity index (χ0v) is 13.8. The maximum Gasteiger partial charge on any atom is 0.275 e. The van der Waals surface area contributed by atoms with Gasteiger partial charge in [0.2, 0.25) is 0 Å². The van der Waals surface area contributed by atoms with Crippen molar-refractivity contribution in [3.8, 4) is 11.4 Å². The fourth-order valence-electron chi connectivity index (χ4n) is 2.41. The van der Waals surface area contributed by atoms with Gasteiger partial charge in [-0.15, -0.1) is 5.10 Å². The van der Waals surface area contributed by atoms with E-state index in [4.69, 9.17) is 10.5 Å². The molecule has 7 heteroatoms. The molecule has 0 aliphatic heterocycles. The molecule has 0 unspecified atom stereocenters. The SMILES string of the molecule is COc1ccc(-n2nnc(C(=O)NCCc3ccccc3)c2N)cc1. The van der Waals surface area contributed by atoms with Gasteiger partial charge in [0.25, 0.3) is 5.91 Å². The molecule has 0 radical (unpaired) electrons. The number of hydrogen-bond acceptors (Lipinski definition) is 5. The van der Waals surface area contributed by atoms with Crippen molar-refractivity contribution in [2.24, 2.45) is 0 Å². The highest BCUT2D eigenvalue weighted by atomic mass is 16.5. The molecule has 0 fully saturated rings. The Balaban J connectivity index is 1.66. The van der Waals surface area contributed by atoms with Gasteiger partial charge < -0.3 is 15.8 Å². The van der Waals surface area contributed by atoms with E-state index in [-0.39, 0.29) is 17.4 Å². The van der Waals surface area contributed by atoms with E-state index in [1.54, 1.807) is 31.4 Å². The average molecular weight is 337 g/mol. The number of nitrogens with one attached hydrogen (secondary N) is 1. The number of hydrogen-bond donors (Lipinski definition) is 2. The van der Waals surface area contributed by atoms with Crippen LogP contribution >= 0.6 is 0 Å². The minimum Gasteiger partial charge on any atom is -0.497 e. The van der Waals surface area contributed by atoms with Crippen LogP contribution in [0.4, 0.5) is 5.82 Å². The molecule has 25 heavy (non-hydrogen) atoms. The fourth-order valence-corrected chi connectivity index (χ4v) is 2.41. The maximum absolute atomic E-state index is 12.3. The highest BCUT2D eigenvalue weighted by Gasteiger charge is 2.18. The number of carbonyl (C=O) groups excluding carboxylic acids is 1. The highest BCUT2D eigenvalue weighted by molar-refractivity contribution is 5.96. The lowest BCUT2D eigenvalue weighted by Gasteiger charge is -2.06. The van der Waals surface area contributed by atoms with Crippen LogP contribution in [0.25, 0.3) is 5.69 Å². The number of carbonyl (C=O) groups is 1. The van der Waals surface area contributed by atoms with Crippen LogP contribution in [0.5, 0.6) is 5.75 Å². The molecule has 1 heterocycles. The molecular formula is C18H19N5O2. The number of benzene rings is 2. The molecule has 0 aliphatic rings. The van der Waals surface area contributed by atoms with Crippen molar-refractivity contribution in [1.82, 2.24) is 20.3 Å². The van der Waals surface area contributed by atoms with E-state index < -0.39 is 0 Å². The summed E-state index contributed by atoms with van der Waals surface area (Å²) in [6, 6.07) is 17.1.